The van der Waals surface area contributed by atoms with Gasteiger partial charge in [0.25, 0.3) is 0 Å². The van der Waals surface area contributed by atoms with E-state index >= 15 is 0 Å². The van der Waals surface area contributed by atoms with Gasteiger partial charge in [-0.15, -0.1) is 0 Å². The van der Waals surface area contributed by atoms with Crippen molar-refractivity contribution in [1.82, 2.24) is 0 Å². The molecule has 1 N–H and O–H groups in total. The number of carbonyl (C=O) groups excluding carboxylic acids is 1. The molecule has 0 amide bonds. The van der Waals surface area contributed by atoms with Crippen LogP contribution >= 0.6 is 15.9 Å². The predicted molar refractivity (Wildman–Crippen MR) is 61.6 cm³/mol. The van der Waals surface area contributed by atoms with Crippen molar-refractivity contribution in [3.05, 3.63) is 22.2 Å². The van der Waals surface area contributed by atoms with E-state index in [0.29, 0.717) is 22.4 Å². The van der Waals surface area contributed by atoms with Crippen LogP contribution in [0.2, 0.25) is 0 Å². The number of hydrogen-bond acceptors (Lipinski definition) is 3. The number of benzene rings is 1. The molecule has 0 unspecified atom stereocenters. The molecule has 0 heterocycles. The van der Waals surface area contributed by atoms with Crippen LogP contribution in [0.5, 0.6) is 11.5 Å². The second kappa shape index (κ2) is 5.75. The largest absolute Gasteiger partial charge is 0.504 e. The van der Waals surface area contributed by atoms with E-state index in [0.717, 1.165) is 19.1 Å². The molecule has 0 aliphatic rings. The molecule has 1 aromatic rings. The van der Waals surface area contributed by atoms with Gasteiger partial charge < -0.3 is 9.84 Å². The van der Waals surface area contributed by atoms with Crippen molar-refractivity contribution in [3.63, 3.8) is 0 Å². The van der Waals surface area contributed by atoms with Crippen LogP contribution in [-0.2, 0) is 0 Å². The minimum atomic E-state index is 0.0450. The highest BCUT2D eigenvalue weighted by Crippen LogP contribution is 2.31. The lowest BCUT2D eigenvalue weighted by molar-refractivity contribution is 0.112. The Labute approximate surface area is 97.2 Å². The van der Waals surface area contributed by atoms with Gasteiger partial charge in [-0.25, -0.2) is 0 Å². The van der Waals surface area contributed by atoms with Gasteiger partial charge in [0.15, 0.2) is 17.8 Å². The predicted octanol–water partition coefficient (Wildman–Crippen LogP) is 3.15. The Balaban J connectivity index is 2.82. The minimum absolute atomic E-state index is 0.0450. The molecule has 0 aliphatic carbocycles. The summed E-state index contributed by atoms with van der Waals surface area (Å²) in [7, 11) is 0. The standard InChI is InChI=1S/C11H13BrO3/c1-2-3-4-15-11-5-8(7-13)9(12)6-10(11)14/h5-7,14H,2-4H2,1H3. The maximum Gasteiger partial charge on any atom is 0.161 e. The molecule has 0 fully saturated rings. The second-order valence-electron chi connectivity index (χ2n) is 3.16. The summed E-state index contributed by atoms with van der Waals surface area (Å²) in [6.45, 7) is 2.60. The van der Waals surface area contributed by atoms with E-state index in [1.165, 1.54) is 12.1 Å². The molecular formula is C11H13BrO3. The molecule has 0 atom stereocenters. The van der Waals surface area contributed by atoms with Crippen LogP contribution in [0.4, 0.5) is 0 Å². The first-order valence-electron chi connectivity index (χ1n) is 4.79. The van der Waals surface area contributed by atoms with Crippen LogP contribution in [0.1, 0.15) is 30.1 Å². The third-order valence-corrected chi connectivity index (χ3v) is 2.65. The first kappa shape index (κ1) is 12.0. The van der Waals surface area contributed by atoms with E-state index in [1.807, 2.05) is 0 Å². The summed E-state index contributed by atoms with van der Waals surface area (Å²) in [4.78, 5) is 10.7. The van der Waals surface area contributed by atoms with Crippen LogP contribution < -0.4 is 4.74 Å². The topological polar surface area (TPSA) is 46.5 Å². The number of hydrogen-bond donors (Lipinski definition) is 1. The summed E-state index contributed by atoms with van der Waals surface area (Å²) in [5, 5.41) is 9.54. The maximum absolute atomic E-state index is 10.7. The molecule has 82 valence electrons. The fourth-order valence-corrected chi connectivity index (χ4v) is 1.52. The van der Waals surface area contributed by atoms with Crippen LogP contribution in [-0.4, -0.2) is 18.0 Å². The van der Waals surface area contributed by atoms with Crippen molar-refractivity contribution in [2.45, 2.75) is 19.8 Å². The summed E-state index contributed by atoms with van der Waals surface area (Å²) < 4.78 is 5.91. The number of unbranched alkanes of at least 4 members (excludes halogenated alkanes) is 1. The number of aromatic hydroxyl groups is 1. The monoisotopic (exact) mass is 272 g/mol. The van der Waals surface area contributed by atoms with Gasteiger partial charge >= 0.3 is 0 Å². The number of aldehydes is 1. The van der Waals surface area contributed by atoms with Gasteiger partial charge in [-0.3, -0.25) is 4.79 Å². The quantitative estimate of drug-likeness (QED) is 0.662. The lowest BCUT2D eigenvalue weighted by Gasteiger charge is -2.08. The Morgan fingerprint density at radius 1 is 1.53 bits per heavy atom. The molecule has 0 spiro atoms. The number of carbonyl (C=O) groups is 1. The van der Waals surface area contributed by atoms with E-state index in [1.54, 1.807) is 0 Å². The average Bonchev–Trinajstić information content (AvgIpc) is 2.21. The zero-order chi connectivity index (χ0) is 11.3. The molecule has 1 aromatic carbocycles. The van der Waals surface area contributed by atoms with E-state index in [4.69, 9.17) is 4.74 Å². The zero-order valence-corrected chi connectivity index (χ0v) is 10.1. The van der Waals surface area contributed by atoms with Gasteiger partial charge in [0, 0.05) is 10.0 Å². The summed E-state index contributed by atoms with van der Waals surface area (Å²) >= 11 is 3.18. The molecule has 0 saturated carbocycles. The van der Waals surface area contributed by atoms with E-state index < -0.39 is 0 Å². The Morgan fingerprint density at radius 2 is 2.27 bits per heavy atom. The third-order valence-electron chi connectivity index (χ3n) is 1.96. The number of ether oxygens (including phenoxy) is 1. The van der Waals surface area contributed by atoms with Crippen LogP contribution in [0.15, 0.2) is 16.6 Å². The normalized spacial score (nSPS) is 10.0. The fraction of sp³-hybridized carbons (Fsp3) is 0.364. The lowest BCUT2D eigenvalue weighted by Crippen LogP contribution is -1.97. The Kier molecular flexibility index (Phi) is 4.62. The molecule has 0 aliphatic heterocycles. The molecule has 0 aromatic heterocycles. The molecule has 3 nitrogen and oxygen atoms in total. The Bertz CT molecular complexity index is 350. The molecule has 4 heteroatoms. The SMILES string of the molecule is CCCCOc1cc(C=O)c(Br)cc1O. The van der Waals surface area contributed by atoms with Crippen LogP contribution in [0.3, 0.4) is 0 Å². The highest BCUT2D eigenvalue weighted by molar-refractivity contribution is 9.10. The van der Waals surface area contributed by atoms with Crippen molar-refractivity contribution in [2.75, 3.05) is 6.61 Å². The summed E-state index contributed by atoms with van der Waals surface area (Å²) in [6.07, 6.45) is 2.67. The van der Waals surface area contributed by atoms with Gasteiger partial charge in [0.05, 0.1) is 6.61 Å². The summed E-state index contributed by atoms with van der Waals surface area (Å²) in [5.41, 5.74) is 0.472. The lowest BCUT2D eigenvalue weighted by atomic mass is 10.2. The smallest absolute Gasteiger partial charge is 0.161 e. The van der Waals surface area contributed by atoms with Crippen molar-refractivity contribution in [1.29, 1.82) is 0 Å². The number of phenolic OH excluding ortho intramolecular Hbond substituents is 1. The number of rotatable bonds is 5. The molecule has 1 rings (SSSR count). The number of halogens is 1. The first-order valence-corrected chi connectivity index (χ1v) is 5.58. The third kappa shape index (κ3) is 3.23. The minimum Gasteiger partial charge on any atom is -0.504 e. The zero-order valence-electron chi connectivity index (χ0n) is 8.50. The van der Waals surface area contributed by atoms with Gasteiger partial charge in [-0.2, -0.15) is 0 Å². The second-order valence-corrected chi connectivity index (χ2v) is 4.02. The van der Waals surface area contributed by atoms with Crippen molar-refractivity contribution in [3.8, 4) is 11.5 Å². The molecule has 0 saturated heterocycles. The van der Waals surface area contributed by atoms with Crippen molar-refractivity contribution >= 4 is 22.2 Å². The maximum atomic E-state index is 10.7. The van der Waals surface area contributed by atoms with E-state index in [9.17, 15) is 9.90 Å². The van der Waals surface area contributed by atoms with Gasteiger partial charge in [-0.1, -0.05) is 13.3 Å². The molecule has 0 radical (unpaired) electrons. The first-order chi connectivity index (χ1) is 7.19. The van der Waals surface area contributed by atoms with E-state index in [2.05, 4.69) is 22.9 Å². The molecular weight excluding hydrogens is 260 g/mol. The van der Waals surface area contributed by atoms with Crippen molar-refractivity contribution in [2.24, 2.45) is 0 Å². The fourth-order valence-electron chi connectivity index (χ4n) is 1.09. The highest BCUT2D eigenvalue weighted by Gasteiger charge is 2.07. The number of phenols is 1. The van der Waals surface area contributed by atoms with Gasteiger partial charge in [0.1, 0.15) is 0 Å². The van der Waals surface area contributed by atoms with E-state index in [-0.39, 0.29) is 5.75 Å². The van der Waals surface area contributed by atoms with Crippen molar-refractivity contribution < 1.29 is 14.6 Å². The highest BCUT2D eigenvalue weighted by atomic mass is 79.9. The Morgan fingerprint density at radius 3 is 2.87 bits per heavy atom. The van der Waals surface area contributed by atoms with Crippen LogP contribution in [0.25, 0.3) is 0 Å². The molecule has 0 bridgehead atoms. The van der Waals surface area contributed by atoms with Crippen LogP contribution in [0, 0.1) is 0 Å². The van der Waals surface area contributed by atoms with Gasteiger partial charge in [-0.05, 0) is 34.5 Å². The summed E-state index contributed by atoms with van der Waals surface area (Å²) in [5.74, 6) is 0.400. The Hall–Kier alpha value is -1.03. The average molecular weight is 273 g/mol. The summed E-state index contributed by atoms with van der Waals surface area (Å²) in [6, 6.07) is 2.99. The molecule has 15 heavy (non-hydrogen) atoms. The van der Waals surface area contributed by atoms with Gasteiger partial charge in [0.2, 0.25) is 0 Å².